The van der Waals surface area contributed by atoms with E-state index in [2.05, 4.69) is 4.98 Å². The van der Waals surface area contributed by atoms with Gasteiger partial charge in [0, 0.05) is 17.3 Å². The van der Waals surface area contributed by atoms with Crippen molar-refractivity contribution in [1.29, 1.82) is 0 Å². The largest absolute Gasteiger partial charge is 0.872 e. The van der Waals surface area contributed by atoms with E-state index in [0.717, 1.165) is 0 Å². The first-order chi connectivity index (χ1) is 7.00. The minimum absolute atomic E-state index is 0.155. The topological polar surface area (TPSA) is 77.4 Å². The van der Waals surface area contributed by atoms with E-state index in [-0.39, 0.29) is 28.1 Å². The Kier molecular flexibility index (Phi) is 1.89. The number of H-pyrrole nitrogens is 1. The number of nitrogens with zero attached hydrogens (tertiary/aromatic N) is 1. The van der Waals surface area contributed by atoms with Crippen molar-refractivity contribution in [2.45, 2.75) is 13.8 Å². The van der Waals surface area contributed by atoms with Gasteiger partial charge >= 0.3 is 0 Å². The van der Waals surface area contributed by atoms with Crippen molar-refractivity contribution in [3.05, 3.63) is 44.1 Å². The predicted octanol–water partition coefficient (Wildman–Crippen LogP) is -0.322. The van der Waals surface area contributed by atoms with E-state index in [1.165, 1.54) is 23.5 Å². The molecule has 0 aliphatic heterocycles. The van der Waals surface area contributed by atoms with Crippen LogP contribution >= 0.6 is 0 Å². The number of rotatable bonds is 0. The Morgan fingerprint density at radius 1 is 1.27 bits per heavy atom. The van der Waals surface area contributed by atoms with Crippen LogP contribution in [0.5, 0.6) is 5.75 Å². The summed E-state index contributed by atoms with van der Waals surface area (Å²) >= 11 is 0. The van der Waals surface area contributed by atoms with Crippen molar-refractivity contribution in [2.24, 2.45) is 0 Å². The van der Waals surface area contributed by atoms with Crippen LogP contribution in [0.3, 0.4) is 0 Å². The van der Waals surface area contributed by atoms with Crippen LogP contribution in [0.25, 0.3) is 5.65 Å². The van der Waals surface area contributed by atoms with Gasteiger partial charge in [-0.25, -0.2) is 0 Å². The van der Waals surface area contributed by atoms with Crippen LogP contribution in [0.15, 0.2) is 21.7 Å². The monoisotopic (exact) mass is 205 g/mol. The lowest BCUT2D eigenvalue weighted by molar-refractivity contribution is -0.269. The number of fused-ring (bicyclic) bond motifs is 1. The van der Waals surface area contributed by atoms with E-state index in [1.807, 2.05) is 0 Å². The van der Waals surface area contributed by atoms with Crippen LogP contribution in [-0.4, -0.2) is 9.38 Å². The van der Waals surface area contributed by atoms with Gasteiger partial charge in [-0.05, 0) is 19.9 Å². The van der Waals surface area contributed by atoms with Crippen molar-refractivity contribution in [1.82, 2.24) is 9.38 Å². The molecule has 2 aromatic heterocycles. The summed E-state index contributed by atoms with van der Waals surface area (Å²) in [4.78, 5) is 25.3. The third kappa shape index (κ3) is 1.32. The first kappa shape index (κ1) is 9.51. The van der Waals surface area contributed by atoms with Crippen molar-refractivity contribution >= 4 is 5.65 Å². The van der Waals surface area contributed by atoms with Crippen LogP contribution in [0.2, 0.25) is 0 Å². The molecule has 2 heterocycles. The molecule has 5 heteroatoms. The number of aromatic nitrogens is 2. The molecule has 0 amide bonds. The van der Waals surface area contributed by atoms with Gasteiger partial charge in [-0.3, -0.25) is 14.0 Å². The number of aryl methyl sites for hydroxylation is 1. The van der Waals surface area contributed by atoms with E-state index in [0.29, 0.717) is 5.69 Å². The molecule has 15 heavy (non-hydrogen) atoms. The summed E-state index contributed by atoms with van der Waals surface area (Å²) in [5, 5.41) is 11.3. The second kappa shape index (κ2) is 2.98. The van der Waals surface area contributed by atoms with Gasteiger partial charge in [0.05, 0.1) is 0 Å². The highest BCUT2D eigenvalue weighted by atomic mass is 16.3. The summed E-state index contributed by atoms with van der Waals surface area (Å²) in [5.41, 5.74) is 0.200. The maximum atomic E-state index is 11.7. The quantitative estimate of drug-likeness (QED) is 0.640. The summed E-state index contributed by atoms with van der Waals surface area (Å²) in [7, 11) is 0. The highest BCUT2D eigenvalue weighted by molar-refractivity contribution is 5.47. The van der Waals surface area contributed by atoms with E-state index >= 15 is 0 Å². The zero-order valence-electron chi connectivity index (χ0n) is 8.33. The third-order valence-corrected chi connectivity index (χ3v) is 2.35. The summed E-state index contributed by atoms with van der Waals surface area (Å²) < 4.78 is 1.32. The molecule has 78 valence electrons. The molecule has 0 spiro atoms. The maximum Gasteiger partial charge on any atom is 0.258 e. The predicted molar refractivity (Wildman–Crippen MR) is 53.2 cm³/mol. The van der Waals surface area contributed by atoms with E-state index in [4.69, 9.17) is 0 Å². The van der Waals surface area contributed by atoms with Crippen molar-refractivity contribution in [3.63, 3.8) is 0 Å². The average Bonchev–Trinajstić information content (AvgIpc) is 2.13. The zero-order valence-corrected chi connectivity index (χ0v) is 8.33. The summed E-state index contributed by atoms with van der Waals surface area (Å²) in [6, 6.07) is 2.57. The minimum Gasteiger partial charge on any atom is -0.872 e. The Morgan fingerprint density at radius 3 is 2.60 bits per heavy atom. The Bertz CT molecular complexity index is 652. The number of nitrogens with one attached hydrogen (secondary N) is 1. The van der Waals surface area contributed by atoms with E-state index in [1.54, 1.807) is 6.92 Å². The fourth-order valence-corrected chi connectivity index (χ4v) is 1.54. The number of hydrogen-bond donors (Lipinski definition) is 1. The molecular weight excluding hydrogens is 196 g/mol. The first-order valence-corrected chi connectivity index (χ1v) is 4.44. The maximum absolute atomic E-state index is 11.7. The normalized spacial score (nSPS) is 10.8. The average molecular weight is 205 g/mol. The molecule has 0 bridgehead atoms. The zero-order chi connectivity index (χ0) is 11.2. The van der Waals surface area contributed by atoms with Gasteiger partial charge in [-0.2, -0.15) is 0 Å². The second-order valence-electron chi connectivity index (χ2n) is 3.43. The molecule has 0 fully saturated rings. The Labute approximate surface area is 84.6 Å². The fraction of sp³-hybridized carbons (Fsp3) is 0.200. The fourth-order valence-electron chi connectivity index (χ4n) is 1.54. The van der Waals surface area contributed by atoms with E-state index < -0.39 is 0 Å². The van der Waals surface area contributed by atoms with Gasteiger partial charge in [0.1, 0.15) is 5.65 Å². The van der Waals surface area contributed by atoms with Gasteiger partial charge in [-0.15, -0.1) is 0 Å². The van der Waals surface area contributed by atoms with Crippen molar-refractivity contribution < 1.29 is 5.11 Å². The van der Waals surface area contributed by atoms with Crippen LogP contribution in [-0.2, 0) is 0 Å². The smallest absolute Gasteiger partial charge is 0.258 e. The summed E-state index contributed by atoms with van der Waals surface area (Å²) in [5.74, 6) is -0.360. The summed E-state index contributed by atoms with van der Waals surface area (Å²) in [6.07, 6.45) is 0. The molecule has 2 rings (SSSR count). The molecule has 5 nitrogen and oxygen atoms in total. The van der Waals surface area contributed by atoms with Gasteiger partial charge in [0.25, 0.3) is 11.1 Å². The Hall–Kier alpha value is -2.04. The van der Waals surface area contributed by atoms with Crippen LogP contribution in [0, 0.1) is 13.8 Å². The molecular formula is C10H9N2O3-. The van der Waals surface area contributed by atoms with Crippen molar-refractivity contribution in [2.75, 3.05) is 0 Å². The van der Waals surface area contributed by atoms with Gasteiger partial charge in [-0.1, -0.05) is 5.75 Å². The molecule has 0 atom stereocenters. The highest BCUT2D eigenvalue weighted by Crippen LogP contribution is 2.09. The standard InChI is InChI=1S/C10H10N2O3/c1-5-3-9(14)11-8-4-7(13)6(2)10(15)12(5)8/h3-4,13H,1-2H3,(H,11,14)/p-1. The molecule has 0 saturated carbocycles. The Morgan fingerprint density at radius 2 is 1.93 bits per heavy atom. The number of hydrogen-bond acceptors (Lipinski definition) is 3. The third-order valence-electron chi connectivity index (χ3n) is 2.35. The van der Waals surface area contributed by atoms with E-state index in [9.17, 15) is 14.7 Å². The molecule has 0 unspecified atom stereocenters. The lowest BCUT2D eigenvalue weighted by Gasteiger charge is -2.12. The molecule has 1 N–H and O–H groups in total. The van der Waals surface area contributed by atoms with Gasteiger partial charge < -0.3 is 10.1 Å². The molecule has 2 aromatic rings. The lowest BCUT2D eigenvalue weighted by Crippen LogP contribution is -2.23. The molecule has 0 aromatic carbocycles. The van der Waals surface area contributed by atoms with Gasteiger partial charge in [0.15, 0.2) is 0 Å². The van der Waals surface area contributed by atoms with Crippen molar-refractivity contribution in [3.8, 4) is 5.75 Å². The molecule has 0 radical (unpaired) electrons. The molecule has 0 saturated heterocycles. The first-order valence-electron chi connectivity index (χ1n) is 4.44. The van der Waals surface area contributed by atoms with Crippen LogP contribution < -0.4 is 16.2 Å². The van der Waals surface area contributed by atoms with Crippen LogP contribution in [0.4, 0.5) is 0 Å². The molecule has 0 aliphatic carbocycles. The number of aromatic amines is 1. The summed E-state index contributed by atoms with van der Waals surface area (Å²) in [6.45, 7) is 3.12. The number of pyridine rings is 1. The Balaban J connectivity index is 3.13. The van der Waals surface area contributed by atoms with Gasteiger partial charge in [0.2, 0.25) is 0 Å². The lowest BCUT2D eigenvalue weighted by atomic mass is 10.2. The molecule has 0 aliphatic rings. The second-order valence-corrected chi connectivity index (χ2v) is 3.43. The highest BCUT2D eigenvalue weighted by Gasteiger charge is 2.04. The minimum atomic E-state index is -0.383. The SMILES string of the molecule is Cc1c([O-])cc2[nH]c(=O)cc(C)n2c1=O. The van der Waals surface area contributed by atoms with Crippen LogP contribution in [0.1, 0.15) is 11.3 Å².